The number of thioether (sulfide) groups is 1. The third-order valence-electron chi connectivity index (χ3n) is 1.14. The number of rotatable bonds is 8. The van der Waals surface area contributed by atoms with E-state index < -0.39 is 0 Å². The maximum atomic E-state index is 9.78. The average molecular weight is 193 g/mol. The van der Waals surface area contributed by atoms with Gasteiger partial charge in [0.15, 0.2) is 0 Å². The van der Waals surface area contributed by atoms with Gasteiger partial charge in [-0.15, -0.1) is 0 Å². The van der Waals surface area contributed by atoms with E-state index in [1.807, 2.05) is 0 Å². The molecule has 1 atom stereocenters. The van der Waals surface area contributed by atoms with Crippen LogP contribution in [0.3, 0.4) is 0 Å². The molecule has 0 amide bonds. The molecule has 0 heterocycles. The summed E-state index contributed by atoms with van der Waals surface area (Å²) in [4.78, 5) is 9.78. The Balaban J connectivity index is 3.07. The summed E-state index contributed by atoms with van der Waals surface area (Å²) in [5, 5.41) is 0. The van der Waals surface area contributed by atoms with Crippen LogP contribution in [0.4, 0.5) is 0 Å². The van der Waals surface area contributed by atoms with Crippen LogP contribution in [-0.4, -0.2) is 44.3 Å². The zero-order valence-electron chi connectivity index (χ0n) is 7.19. The lowest BCUT2D eigenvalue weighted by Gasteiger charge is -2.08. The first-order valence-electron chi connectivity index (χ1n) is 3.68. The third-order valence-corrected chi connectivity index (χ3v) is 2.26. The number of carbonyl (C=O) groups is 1. The minimum absolute atomic E-state index is 0.0722. The van der Waals surface area contributed by atoms with Gasteiger partial charge in [0.1, 0.15) is 6.61 Å². The van der Waals surface area contributed by atoms with Crippen molar-refractivity contribution in [3.63, 3.8) is 0 Å². The Morgan fingerprint density at radius 2 is 2.42 bits per heavy atom. The number of methoxy groups -OCH3 is 1. The fourth-order valence-corrected chi connectivity index (χ4v) is 1.44. The molecular formula is C7H15NO3S. The molecule has 0 rings (SSSR count). The van der Waals surface area contributed by atoms with Crippen molar-refractivity contribution in [3.05, 3.63) is 0 Å². The van der Waals surface area contributed by atoms with Gasteiger partial charge in [0.2, 0.25) is 0 Å². The average Bonchev–Trinajstić information content (AvgIpc) is 2.09. The highest BCUT2D eigenvalue weighted by molar-refractivity contribution is 7.99. The molecule has 0 aromatic carbocycles. The topological polar surface area (TPSA) is 61.6 Å². The maximum absolute atomic E-state index is 9.78. The molecule has 0 saturated heterocycles. The van der Waals surface area contributed by atoms with Crippen LogP contribution in [0.2, 0.25) is 0 Å². The SMILES string of the molecule is COCCSCC(N)COC=O. The molecule has 5 heteroatoms. The van der Waals surface area contributed by atoms with E-state index in [1.54, 1.807) is 18.9 Å². The van der Waals surface area contributed by atoms with Crippen LogP contribution in [0.25, 0.3) is 0 Å². The largest absolute Gasteiger partial charge is 0.466 e. The molecule has 0 radical (unpaired) electrons. The fourth-order valence-electron chi connectivity index (χ4n) is 0.588. The van der Waals surface area contributed by atoms with Crippen molar-refractivity contribution in [1.82, 2.24) is 0 Å². The van der Waals surface area contributed by atoms with Gasteiger partial charge in [-0.05, 0) is 0 Å². The van der Waals surface area contributed by atoms with E-state index in [4.69, 9.17) is 10.5 Å². The van der Waals surface area contributed by atoms with Crippen LogP contribution in [-0.2, 0) is 14.3 Å². The zero-order chi connectivity index (χ0) is 9.23. The van der Waals surface area contributed by atoms with E-state index in [0.717, 1.165) is 18.1 Å². The summed E-state index contributed by atoms with van der Waals surface area (Å²) in [6.45, 7) is 1.44. The molecule has 0 bridgehead atoms. The van der Waals surface area contributed by atoms with Crippen molar-refractivity contribution >= 4 is 18.2 Å². The number of ether oxygens (including phenoxy) is 2. The Hall–Kier alpha value is -0.260. The Bertz CT molecular complexity index is 113. The van der Waals surface area contributed by atoms with Crippen molar-refractivity contribution in [2.24, 2.45) is 5.73 Å². The predicted octanol–water partition coefficient (Wildman–Crippen LogP) is -0.134. The second kappa shape index (κ2) is 8.83. The number of carbonyl (C=O) groups excluding carboxylic acids is 1. The number of nitrogens with two attached hydrogens (primary N) is 1. The molecule has 4 nitrogen and oxygen atoms in total. The Morgan fingerprint density at radius 1 is 1.67 bits per heavy atom. The number of hydrogen-bond acceptors (Lipinski definition) is 5. The summed E-state index contributed by atoms with van der Waals surface area (Å²) in [7, 11) is 1.66. The molecule has 0 saturated carbocycles. The van der Waals surface area contributed by atoms with Crippen LogP contribution in [0, 0.1) is 0 Å². The van der Waals surface area contributed by atoms with Crippen molar-refractivity contribution in [2.45, 2.75) is 6.04 Å². The Morgan fingerprint density at radius 3 is 3.00 bits per heavy atom. The molecule has 0 spiro atoms. The first-order chi connectivity index (χ1) is 5.81. The summed E-state index contributed by atoms with van der Waals surface area (Å²) < 4.78 is 9.36. The molecule has 1 unspecified atom stereocenters. The minimum Gasteiger partial charge on any atom is -0.466 e. The van der Waals surface area contributed by atoms with Crippen molar-refractivity contribution in [1.29, 1.82) is 0 Å². The lowest BCUT2D eigenvalue weighted by atomic mass is 10.4. The van der Waals surface area contributed by atoms with Gasteiger partial charge in [-0.3, -0.25) is 4.79 Å². The molecule has 0 aromatic heterocycles. The lowest BCUT2D eigenvalue weighted by Crippen LogP contribution is -2.28. The summed E-state index contributed by atoms with van der Waals surface area (Å²) in [6, 6.07) is -0.0722. The van der Waals surface area contributed by atoms with Crippen LogP contribution in [0.1, 0.15) is 0 Å². The fraction of sp³-hybridized carbons (Fsp3) is 0.857. The molecule has 0 fully saturated rings. The van der Waals surface area contributed by atoms with Gasteiger partial charge in [-0.2, -0.15) is 11.8 Å². The van der Waals surface area contributed by atoms with Crippen LogP contribution < -0.4 is 5.73 Å². The van der Waals surface area contributed by atoms with Crippen LogP contribution >= 0.6 is 11.8 Å². The van der Waals surface area contributed by atoms with Gasteiger partial charge in [-0.1, -0.05) is 0 Å². The highest BCUT2D eigenvalue weighted by Gasteiger charge is 2.01. The van der Waals surface area contributed by atoms with Gasteiger partial charge in [0.25, 0.3) is 6.47 Å². The van der Waals surface area contributed by atoms with Gasteiger partial charge in [0, 0.05) is 24.7 Å². The highest BCUT2D eigenvalue weighted by Crippen LogP contribution is 2.01. The summed E-state index contributed by atoms with van der Waals surface area (Å²) in [5.41, 5.74) is 5.60. The van der Waals surface area contributed by atoms with E-state index in [1.165, 1.54) is 0 Å². The van der Waals surface area contributed by atoms with E-state index in [-0.39, 0.29) is 6.04 Å². The third kappa shape index (κ3) is 7.84. The van der Waals surface area contributed by atoms with Crippen LogP contribution in [0.5, 0.6) is 0 Å². The first-order valence-corrected chi connectivity index (χ1v) is 4.84. The van der Waals surface area contributed by atoms with Crippen molar-refractivity contribution < 1.29 is 14.3 Å². The van der Waals surface area contributed by atoms with Gasteiger partial charge in [0.05, 0.1) is 6.61 Å². The molecule has 2 N–H and O–H groups in total. The molecule has 72 valence electrons. The zero-order valence-corrected chi connectivity index (χ0v) is 8.01. The van der Waals surface area contributed by atoms with Gasteiger partial charge < -0.3 is 15.2 Å². The Labute approximate surface area is 76.8 Å². The van der Waals surface area contributed by atoms with E-state index >= 15 is 0 Å². The molecule has 12 heavy (non-hydrogen) atoms. The van der Waals surface area contributed by atoms with Crippen molar-refractivity contribution in [3.8, 4) is 0 Å². The van der Waals surface area contributed by atoms with E-state index in [9.17, 15) is 4.79 Å². The van der Waals surface area contributed by atoms with E-state index in [2.05, 4.69) is 4.74 Å². The van der Waals surface area contributed by atoms with Crippen molar-refractivity contribution in [2.75, 3.05) is 31.8 Å². The monoisotopic (exact) mass is 193 g/mol. The predicted molar refractivity (Wildman–Crippen MR) is 49.2 cm³/mol. The molecule has 0 aromatic rings. The molecule has 0 aliphatic carbocycles. The molecule has 0 aliphatic rings. The first kappa shape index (κ1) is 11.7. The normalized spacial score (nSPS) is 12.5. The van der Waals surface area contributed by atoms with Gasteiger partial charge >= 0.3 is 0 Å². The maximum Gasteiger partial charge on any atom is 0.293 e. The van der Waals surface area contributed by atoms with Crippen LogP contribution in [0.15, 0.2) is 0 Å². The van der Waals surface area contributed by atoms with Gasteiger partial charge in [-0.25, -0.2) is 0 Å². The second-order valence-electron chi connectivity index (χ2n) is 2.26. The molecule has 0 aliphatic heterocycles. The lowest BCUT2D eigenvalue weighted by molar-refractivity contribution is -0.129. The summed E-state index contributed by atoms with van der Waals surface area (Å²) >= 11 is 1.69. The second-order valence-corrected chi connectivity index (χ2v) is 3.41. The quantitative estimate of drug-likeness (QED) is 0.429. The minimum atomic E-state index is -0.0722. The highest BCUT2D eigenvalue weighted by atomic mass is 32.2. The number of hydrogen-bond donors (Lipinski definition) is 1. The Kier molecular flexibility index (Phi) is 8.64. The summed E-state index contributed by atoms with van der Waals surface area (Å²) in [5.74, 6) is 1.71. The van der Waals surface area contributed by atoms with E-state index in [0.29, 0.717) is 13.1 Å². The standard InChI is InChI=1S/C7H15NO3S/c1-10-2-3-12-5-7(8)4-11-6-9/h6-7H,2-5,8H2,1H3. The summed E-state index contributed by atoms with van der Waals surface area (Å²) in [6.07, 6.45) is 0. The molecular weight excluding hydrogens is 178 g/mol. The smallest absolute Gasteiger partial charge is 0.293 e.